The van der Waals surface area contributed by atoms with E-state index < -0.39 is 17.6 Å². The minimum Gasteiger partial charge on any atom is -0.381 e. The van der Waals surface area contributed by atoms with Gasteiger partial charge in [0.1, 0.15) is 0 Å². The van der Waals surface area contributed by atoms with Crippen LogP contribution in [0.1, 0.15) is 106 Å². The zero-order valence-corrected chi connectivity index (χ0v) is 29.1. The van der Waals surface area contributed by atoms with E-state index in [1.807, 2.05) is 41.2 Å². The molecule has 0 heterocycles. The summed E-state index contributed by atoms with van der Waals surface area (Å²) in [7, 11) is 6.46. The summed E-state index contributed by atoms with van der Waals surface area (Å²) >= 11 is 0. The molecule has 0 aliphatic carbocycles. The van der Waals surface area contributed by atoms with E-state index in [1.165, 1.54) is 99.9 Å². The lowest BCUT2D eigenvalue weighted by Gasteiger charge is -2.26. The average molecular weight is 587 g/mol. The zero-order valence-electron chi connectivity index (χ0n) is 23.5. The fraction of sp³-hybridized carbons (Fsp3) is 1.00. The Balaban J connectivity index is 4.54. The van der Waals surface area contributed by atoms with Crippen LogP contribution in [0.5, 0.6) is 0 Å². The van der Waals surface area contributed by atoms with Gasteiger partial charge in [-0.05, 0) is 32.5 Å². The first-order valence-electron chi connectivity index (χ1n) is 14.5. The molecule has 0 rings (SSSR count). The molecule has 8 heteroatoms. The van der Waals surface area contributed by atoms with E-state index >= 15 is 0 Å². The summed E-state index contributed by atoms with van der Waals surface area (Å²) in [5, 5.41) is 0. The smallest absolute Gasteiger partial charge is 0.0728 e. The summed E-state index contributed by atoms with van der Waals surface area (Å²) in [6.45, 7) is 15.9. The third-order valence-corrected chi connectivity index (χ3v) is 21.8. The predicted molar refractivity (Wildman–Crippen MR) is 173 cm³/mol. The molecule has 0 N–H and O–H groups in total. The van der Waals surface area contributed by atoms with E-state index in [0.717, 1.165) is 13.2 Å². The first-order chi connectivity index (χ1) is 16.7. The van der Waals surface area contributed by atoms with Crippen molar-refractivity contribution in [3.8, 4) is 0 Å². The molecule has 0 fully saturated rings. The highest BCUT2D eigenvalue weighted by Crippen LogP contribution is 2.44. The topological polar surface area (TPSA) is 18.5 Å². The molecule has 0 saturated heterocycles. The predicted octanol–water partition coefficient (Wildman–Crippen LogP) is 9.99. The molecule has 0 aromatic heterocycles. The molecule has 0 amide bonds. The van der Waals surface area contributed by atoms with Crippen LogP contribution in [0.4, 0.5) is 0 Å². The van der Waals surface area contributed by atoms with E-state index in [9.17, 15) is 0 Å². The van der Waals surface area contributed by atoms with Crippen molar-refractivity contribution in [3.05, 3.63) is 0 Å². The Kier molecular flexibility index (Phi) is 29.2. The molecule has 0 bridgehead atoms. The van der Waals surface area contributed by atoms with E-state index in [1.54, 1.807) is 0 Å². The molecule has 0 aromatic carbocycles. The molecule has 0 radical (unpaired) electrons. The quantitative estimate of drug-likeness (QED) is 0.0537. The standard InChI is InChI=1S/C26H58O2S4Si2/c1-7-13-15-17-27-25(33(19-9-3)20-10-4)23-29-31-32-30-24-26(28-18-16-14-8-2)34(21-11-5)22-12-6/h25-26,33-34H,7-24H2,1-6H3. The number of rotatable bonds is 27. The molecule has 34 heavy (non-hydrogen) atoms. The molecule has 0 aromatic rings. The molecule has 2 nitrogen and oxygen atoms in total. The third-order valence-electron chi connectivity index (χ3n) is 6.44. The van der Waals surface area contributed by atoms with Gasteiger partial charge in [0.05, 0.1) is 29.0 Å². The van der Waals surface area contributed by atoms with Crippen LogP contribution in [0.15, 0.2) is 0 Å². The van der Waals surface area contributed by atoms with Gasteiger partial charge in [0.2, 0.25) is 0 Å². The van der Waals surface area contributed by atoms with Crippen molar-refractivity contribution in [1.29, 1.82) is 0 Å². The van der Waals surface area contributed by atoms with Gasteiger partial charge >= 0.3 is 0 Å². The van der Waals surface area contributed by atoms with Crippen LogP contribution < -0.4 is 0 Å². The molecule has 0 aliphatic heterocycles. The van der Waals surface area contributed by atoms with Crippen molar-refractivity contribution in [2.24, 2.45) is 0 Å². The average Bonchev–Trinajstić information content (AvgIpc) is 2.83. The molecular weight excluding hydrogens is 529 g/mol. The van der Waals surface area contributed by atoms with Gasteiger partial charge < -0.3 is 9.47 Å². The van der Waals surface area contributed by atoms with Gasteiger partial charge in [0, 0.05) is 24.7 Å². The summed E-state index contributed by atoms with van der Waals surface area (Å²) in [6.07, 6.45) is 12.9. The fourth-order valence-electron chi connectivity index (χ4n) is 4.56. The van der Waals surface area contributed by atoms with Crippen LogP contribution in [-0.4, -0.2) is 53.8 Å². The van der Waals surface area contributed by atoms with Gasteiger partial charge in [0.15, 0.2) is 0 Å². The van der Waals surface area contributed by atoms with Crippen molar-refractivity contribution in [3.63, 3.8) is 0 Å². The van der Waals surface area contributed by atoms with Crippen molar-refractivity contribution in [2.75, 3.05) is 24.7 Å². The van der Waals surface area contributed by atoms with E-state index in [-0.39, 0.29) is 0 Å². The van der Waals surface area contributed by atoms with Gasteiger partial charge in [-0.25, -0.2) is 0 Å². The normalized spacial score (nSPS) is 13.8. The SMILES string of the molecule is CCCCCOC(CSSSSCC(OCCCCC)[SiH](CCC)CCC)[SiH](CCC)CCC. The zero-order chi connectivity index (χ0) is 25.3. The van der Waals surface area contributed by atoms with Crippen LogP contribution in [0, 0.1) is 0 Å². The van der Waals surface area contributed by atoms with Crippen molar-refractivity contribution in [2.45, 2.75) is 141 Å². The van der Waals surface area contributed by atoms with Crippen molar-refractivity contribution < 1.29 is 9.47 Å². The maximum Gasteiger partial charge on any atom is 0.0728 e. The minimum atomic E-state index is -0.811. The summed E-state index contributed by atoms with van der Waals surface area (Å²) in [4.78, 5) is 0. The highest BCUT2D eigenvalue weighted by Gasteiger charge is 2.24. The lowest BCUT2D eigenvalue weighted by molar-refractivity contribution is 0.112. The summed E-state index contributed by atoms with van der Waals surface area (Å²) < 4.78 is 13.0. The van der Waals surface area contributed by atoms with Gasteiger partial charge in [-0.2, -0.15) is 0 Å². The first kappa shape index (κ1) is 35.8. The van der Waals surface area contributed by atoms with Crippen LogP contribution in [0.3, 0.4) is 0 Å². The van der Waals surface area contributed by atoms with Gasteiger partial charge in [0.25, 0.3) is 0 Å². The van der Waals surface area contributed by atoms with E-state index in [4.69, 9.17) is 9.47 Å². The molecule has 2 unspecified atom stereocenters. The van der Waals surface area contributed by atoms with Gasteiger partial charge in [-0.3, -0.25) is 0 Å². The Morgan fingerprint density at radius 1 is 0.500 bits per heavy atom. The molecule has 0 saturated carbocycles. The van der Waals surface area contributed by atoms with Crippen LogP contribution in [0.25, 0.3) is 0 Å². The number of unbranched alkanes of at least 4 members (excludes halogenated alkanes) is 4. The first-order valence-corrected chi connectivity index (χ1v) is 24.2. The Hall–Kier alpha value is 1.75. The fourth-order valence-corrected chi connectivity index (χ4v) is 19.8. The van der Waals surface area contributed by atoms with Crippen LogP contribution >= 0.6 is 41.2 Å². The highest BCUT2D eigenvalue weighted by atomic mass is 33.7. The summed E-state index contributed by atoms with van der Waals surface area (Å²) in [5.74, 6) is 2.36. The maximum absolute atomic E-state index is 6.50. The molecular formula is C26H58O2S4Si2. The van der Waals surface area contributed by atoms with Crippen molar-refractivity contribution in [1.82, 2.24) is 0 Å². The minimum absolute atomic E-state index is 0.556. The number of hydrogen-bond acceptors (Lipinski definition) is 6. The molecule has 2 atom stereocenters. The van der Waals surface area contributed by atoms with Crippen molar-refractivity contribution >= 4 is 58.8 Å². The second-order valence-corrected chi connectivity index (χ2v) is 22.5. The van der Waals surface area contributed by atoms with Crippen LogP contribution in [0.2, 0.25) is 24.2 Å². The largest absolute Gasteiger partial charge is 0.381 e. The molecule has 0 aliphatic rings. The van der Waals surface area contributed by atoms with Gasteiger partial charge in [-0.1, -0.05) is 139 Å². The lowest BCUT2D eigenvalue weighted by Crippen LogP contribution is -2.35. The lowest BCUT2D eigenvalue weighted by atomic mass is 10.3. The molecule has 206 valence electrons. The summed E-state index contributed by atoms with van der Waals surface area (Å²) in [5.41, 5.74) is 1.11. The van der Waals surface area contributed by atoms with Crippen LogP contribution in [-0.2, 0) is 9.47 Å². The maximum atomic E-state index is 6.50. The van der Waals surface area contributed by atoms with E-state index in [2.05, 4.69) is 41.5 Å². The monoisotopic (exact) mass is 586 g/mol. The molecule has 0 spiro atoms. The Bertz CT molecular complexity index is 363. The third kappa shape index (κ3) is 19.8. The van der Waals surface area contributed by atoms with Gasteiger partial charge in [-0.15, -0.1) is 0 Å². The Morgan fingerprint density at radius 2 is 0.853 bits per heavy atom. The Morgan fingerprint density at radius 3 is 1.15 bits per heavy atom. The summed E-state index contributed by atoms with van der Waals surface area (Å²) in [6, 6.07) is 5.77. The highest BCUT2D eigenvalue weighted by molar-refractivity contribution is 9.26. The second kappa shape index (κ2) is 27.8. The number of ether oxygens (including phenoxy) is 2. The Labute approximate surface area is 233 Å². The van der Waals surface area contributed by atoms with E-state index in [0.29, 0.717) is 11.5 Å². The second-order valence-electron chi connectivity index (χ2n) is 9.61. The number of hydrogen-bond donors (Lipinski definition) is 0.